The van der Waals surface area contributed by atoms with Crippen molar-refractivity contribution in [3.63, 3.8) is 0 Å². The van der Waals surface area contributed by atoms with Gasteiger partial charge in [0.2, 0.25) is 0 Å². The zero-order valence-electron chi connectivity index (χ0n) is 11.6. The molecular formula is C13H18Cl2N2O3. The number of pyridine rings is 1. The molecule has 0 bridgehead atoms. The van der Waals surface area contributed by atoms with Crippen LogP contribution in [-0.2, 0) is 20.8 Å². The standard InChI is InChI=1S/C13H18Cl2N2O3/c1-19-8-7-17(6-5-13(18)20-2)9-11-10(14)3-4-12(15)16-11/h3-4H,5-9H2,1-2H3. The van der Waals surface area contributed by atoms with Gasteiger partial charge in [-0.1, -0.05) is 23.2 Å². The van der Waals surface area contributed by atoms with Crippen molar-refractivity contribution in [2.45, 2.75) is 13.0 Å². The van der Waals surface area contributed by atoms with Gasteiger partial charge in [0, 0.05) is 26.7 Å². The summed E-state index contributed by atoms with van der Waals surface area (Å²) in [6, 6.07) is 3.35. The average Bonchev–Trinajstić information content (AvgIpc) is 2.45. The topological polar surface area (TPSA) is 51.7 Å². The highest BCUT2D eigenvalue weighted by molar-refractivity contribution is 6.32. The zero-order valence-corrected chi connectivity index (χ0v) is 13.1. The molecule has 1 rings (SSSR count). The fraction of sp³-hybridized carbons (Fsp3) is 0.538. The van der Waals surface area contributed by atoms with Gasteiger partial charge in [-0.05, 0) is 12.1 Å². The number of hydrogen-bond donors (Lipinski definition) is 0. The first-order valence-electron chi connectivity index (χ1n) is 6.16. The molecule has 0 aromatic carbocycles. The van der Waals surface area contributed by atoms with Crippen LogP contribution in [-0.4, -0.2) is 49.8 Å². The van der Waals surface area contributed by atoms with E-state index in [1.165, 1.54) is 7.11 Å². The number of esters is 1. The molecule has 0 aliphatic carbocycles. The van der Waals surface area contributed by atoms with Gasteiger partial charge < -0.3 is 9.47 Å². The van der Waals surface area contributed by atoms with Crippen molar-refractivity contribution in [2.24, 2.45) is 0 Å². The van der Waals surface area contributed by atoms with Crippen molar-refractivity contribution in [1.82, 2.24) is 9.88 Å². The van der Waals surface area contributed by atoms with Gasteiger partial charge in [0.25, 0.3) is 0 Å². The summed E-state index contributed by atoms with van der Waals surface area (Å²) >= 11 is 12.0. The lowest BCUT2D eigenvalue weighted by molar-refractivity contribution is -0.141. The molecule has 0 saturated heterocycles. The highest BCUT2D eigenvalue weighted by Gasteiger charge is 2.12. The summed E-state index contributed by atoms with van der Waals surface area (Å²) in [6.07, 6.45) is 0.304. The van der Waals surface area contributed by atoms with Crippen molar-refractivity contribution in [3.05, 3.63) is 28.0 Å². The van der Waals surface area contributed by atoms with E-state index in [9.17, 15) is 4.79 Å². The number of carbonyl (C=O) groups is 1. The van der Waals surface area contributed by atoms with Crippen LogP contribution >= 0.6 is 23.2 Å². The first kappa shape index (κ1) is 17.2. The van der Waals surface area contributed by atoms with E-state index < -0.39 is 0 Å². The third-order valence-corrected chi connectivity index (χ3v) is 3.28. The summed E-state index contributed by atoms with van der Waals surface area (Å²) in [5.41, 5.74) is 0.681. The average molecular weight is 321 g/mol. The van der Waals surface area contributed by atoms with E-state index in [1.54, 1.807) is 19.2 Å². The summed E-state index contributed by atoms with van der Waals surface area (Å²) < 4.78 is 9.70. The lowest BCUT2D eigenvalue weighted by Gasteiger charge is -2.21. The van der Waals surface area contributed by atoms with Crippen LogP contribution in [0.1, 0.15) is 12.1 Å². The van der Waals surface area contributed by atoms with Gasteiger partial charge in [-0.25, -0.2) is 4.98 Å². The molecule has 0 unspecified atom stereocenters. The molecule has 0 N–H and O–H groups in total. The first-order chi connectivity index (χ1) is 9.56. The summed E-state index contributed by atoms with van der Waals surface area (Å²) in [6.45, 7) is 2.26. The number of aromatic nitrogens is 1. The van der Waals surface area contributed by atoms with Gasteiger partial charge in [0.15, 0.2) is 0 Å². The van der Waals surface area contributed by atoms with Crippen LogP contribution in [0, 0.1) is 0 Å². The maximum Gasteiger partial charge on any atom is 0.306 e. The Kier molecular flexibility index (Phi) is 7.84. The molecule has 0 aliphatic rings. The minimum atomic E-state index is -0.252. The molecule has 1 aromatic rings. The minimum absolute atomic E-state index is 0.252. The van der Waals surface area contributed by atoms with E-state index in [2.05, 4.69) is 9.72 Å². The van der Waals surface area contributed by atoms with Crippen molar-refractivity contribution in [2.75, 3.05) is 33.9 Å². The number of nitrogens with zero attached hydrogens (tertiary/aromatic N) is 2. The third-order valence-electron chi connectivity index (χ3n) is 2.73. The number of ether oxygens (including phenoxy) is 2. The molecule has 20 heavy (non-hydrogen) atoms. The second kappa shape index (κ2) is 9.13. The molecule has 0 saturated carbocycles. The molecule has 0 amide bonds. The Morgan fingerprint density at radius 2 is 2.05 bits per heavy atom. The van der Waals surface area contributed by atoms with Crippen LogP contribution in [0.2, 0.25) is 10.2 Å². The minimum Gasteiger partial charge on any atom is -0.469 e. The van der Waals surface area contributed by atoms with Crippen LogP contribution in [0.15, 0.2) is 12.1 Å². The molecule has 0 radical (unpaired) electrons. The maximum atomic E-state index is 11.2. The van der Waals surface area contributed by atoms with Crippen LogP contribution in [0.4, 0.5) is 0 Å². The van der Waals surface area contributed by atoms with Crippen molar-refractivity contribution in [3.8, 4) is 0 Å². The maximum absolute atomic E-state index is 11.2. The van der Waals surface area contributed by atoms with Gasteiger partial charge in [-0.2, -0.15) is 0 Å². The van der Waals surface area contributed by atoms with Gasteiger partial charge in [-0.15, -0.1) is 0 Å². The van der Waals surface area contributed by atoms with Gasteiger partial charge in [0.1, 0.15) is 5.15 Å². The van der Waals surface area contributed by atoms with E-state index in [0.717, 1.165) is 0 Å². The van der Waals surface area contributed by atoms with E-state index in [4.69, 9.17) is 27.9 Å². The van der Waals surface area contributed by atoms with Gasteiger partial charge in [0.05, 0.1) is 30.9 Å². The third kappa shape index (κ3) is 6.05. The molecule has 112 valence electrons. The second-order valence-electron chi connectivity index (χ2n) is 4.16. The summed E-state index contributed by atoms with van der Waals surface area (Å²) in [7, 11) is 3.00. The summed E-state index contributed by atoms with van der Waals surface area (Å²) in [5, 5.41) is 0.943. The lowest BCUT2D eigenvalue weighted by Crippen LogP contribution is -2.30. The highest BCUT2D eigenvalue weighted by Crippen LogP contribution is 2.18. The predicted molar refractivity (Wildman–Crippen MR) is 78.0 cm³/mol. The van der Waals surface area contributed by atoms with Crippen molar-refractivity contribution < 1.29 is 14.3 Å². The Labute approximate surface area is 128 Å². The predicted octanol–water partition coefficient (Wildman–Crippen LogP) is 2.40. The largest absolute Gasteiger partial charge is 0.469 e. The Hall–Kier alpha value is -0.880. The molecule has 5 nitrogen and oxygen atoms in total. The van der Waals surface area contributed by atoms with Crippen LogP contribution in [0.25, 0.3) is 0 Å². The Morgan fingerprint density at radius 1 is 1.30 bits per heavy atom. The Bertz CT molecular complexity index is 444. The van der Waals surface area contributed by atoms with Crippen molar-refractivity contribution in [1.29, 1.82) is 0 Å². The molecule has 0 fully saturated rings. The molecule has 1 heterocycles. The summed E-state index contributed by atoms with van der Waals surface area (Å²) in [4.78, 5) is 17.4. The zero-order chi connectivity index (χ0) is 15.0. The number of hydrogen-bond acceptors (Lipinski definition) is 5. The van der Waals surface area contributed by atoms with E-state index >= 15 is 0 Å². The molecular weight excluding hydrogens is 303 g/mol. The highest BCUT2D eigenvalue weighted by atomic mass is 35.5. The number of halogens is 2. The Morgan fingerprint density at radius 3 is 2.70 bits per heavy atom. The fourth-order valence-electron chi connectivity index (χ4n) is 1.62. The fourth-order valence-corrected chi connectivity index (χ4v) is 1.95. The van der Waals surface area contributed by atoms with Crippen molar-refractivity contribution >= 4 is 29.2 Å². The van der Waals surface area contributed by atoms with E-state index in [-0.39, 0.29) is 5.97 Å². The van der Waals surface area contributed by atoms with Gasteiger partial charge in [-0.3, -0.25) is 9.69 Å². The monoisotopic (exact) mass is 320 g/mol. The molecule has 0 atom stereocenters. The van der Waals surface area contributed by atoms with Crippen LogP contribution in [0.3, 0.4) is 0 Å². The lowest BCUT2D eigenvalue weighted by atomic mass is 10.3. The van der Waals surface area contributed by atoms with E-state index in [1.807, 2.05) is 4.90 Å². The smallest absolute Gasteiger partial charge is 0.306 e. The molecule has 1 aromatic heterocycles. The number of carbonyl (C=O) groups excluding carboxylic acids is 1. The Balaban J connectivity index is 2.67. The van der Waals surface area contributed by atoms with E-state index in [0.29, 0.717) is 48.5 Å². The first-order valence-corrected chi connectivity index (χ1v) is 6.91. The normalized spacial score (nSPS) is 10.8. The second-order valence-corrected chi connectivity index (χ2v) is 4.95. The summed E-state index contributed by atoms with van der Waals surface area (Å²) in [5.74, 6) is -0.252. The molecule has 0 aliphatic heterocycles. The molecule has 7 heteroatoms. The quantitative estimate of drug-likeness (QED) is 0.544. The number of rotatable bonds is 8. The number of methoxy groups -OCH3 is 2. The molecule has 0 spiro atoms. The van der Waals surface area contributed by atoms with Gasteiger partial charge >= 0.3 is 5.97 Å². The van der Waals surface area contributed by atoms with Crippen LogP contribution in [0.5, 0.6) is 0 Å². The SMILES string of the molecule is COCCN(CCC(=O)OC)Cc1nc(Cl)ccc1Cl. The van der Waals surface area contributed by atoms with Crippen LogP contribution < -0.4 is 0 Å².